The van der Waals surface area contributed by atoms with E-state index in [2.05, 4.69) is 29.4 Å². The van der Waals surface area contributed by atoms with Crippen molar-refractivity contribution in [2.75, 3.05) is 7.05 Å². The number of benzene rings is 1. The smallest absolute Gasteiger partial charge is 0.251 e. The van der Waals surface area contributed by atoms with Gasteiger partial charge in [0.1, 0.15) is 0 Å². The Morgan fingerprint density at radius 3 is 2.88 bits per heavy atom. The minimum Gasteiger partial charge on any atom is -0.355 e. The number of fused-ring (bicyclic) bond motifs is 1. The fourth-order valence-corrected chi connectivity index (χ4v) is 1.91. The first kappa shape index (κ1) is 11.6. The third-order valence-electron chi connectivity index (χ3n) is 2.73. The minimum absolute atomic E-state index is 0.0661. The standard InChI is InChI=1S/C13H17N3O/c1-8(2)6-12-10-7-9(13(17)14-3)4-5-11(10)15-16-12/h4-5,7-8H,6H2,1-3H3,(H,14,17)(H,15,16). The van der Waals surface area contributed by atoms with Gasteiger partial charge in [-0.3, -0.25) is 9.89 Å². The van der Waals surface area contributed by atoms with Crippen molar-refractivity contribution in [3.63, 3.8) is 0 Å². The van der Waals surface area contributed by atoms with Crippen LogP contribution in [-0.4, -0.2) is 23.2 Å². The highest BCUT2D eigenvalue weighted by atomic mass is 16.1. The van der Waals surface area contributed by atoms with E-state index < -0.39 is 0 Å². The van der Waals surface area contributed by atoms with Gasteiger partial charge in [0.15, 0.2) is 0 Å². The number of nitrogens with one attached hydrogen (secondary N) is 2. The van der Waals surface area contributed by atoms with Crippen LogP contribution in [0.2, 0.25) is 0 Å². The maximum absolute atomic E-state index is 11.6. The molecule has 2 aromatic rings. The highest BCUT2D eigenvalue weighted by Gasteiger charge is 2.10. The molecule has 0 aliphatic carbocycles. The first-order valence-electron chi connectivity index (χ1n) is 5.81. The summed E-state index contributed by atoms with van der Waals surface area (Å²) < 4.78 is 0. The van der Waals surface area contributed by atoms with Crippen LogP contribution in [0.25, 0.3) is 10.9 Å². The number of amides is 1. The molecule has 0 saturated heterocycles. The first-order chi connectivity index (χ1) is 8.11. The number of hydrogen-bond donors (Lipinski definition) is 2. The quantitative estimate of drug-likeness (QED) is 0.850. The van der Waals surface area contributed by atoms with Crippen molar-refractivity contribution in [1.82, 2.24) is 15.5 Å². The highest BCUT2D eigenvalue weighted by molar-refractivity contribution is 5.98. The van der Waals surface area contributed by atoms with E-state index in [1.54, 1.807) is 13.1 Å². The maximum atomic E-state index is 11.6. The summed E-state index contributed by atoms with van der Waals surface area (Å²) in [5, 5.41) is 11.0. The molecule has 0 aliphatic rings. The molecule has 0 unspecified atom stereocenters. The number of hydrogen-bond acceptors (Lipinski definition) is 2. The van der Waals surface area contributed by atoms with Gasteiger partial charge in [0, 0.05) is 23.7 Å². The summed E-state index contributed by atoms with van der Waals surface area (Å²) in [6.07, 6.45) is 0.938. The zero-order chi connectivity index (χ0) is 12.4. The predicted molar refractivity (Wildman–Crippen MR) is 68.0 cm³/mol. The first-order valence-corrected chi connectivity index (χ1v) is 5.81. The van der Waals surface area contributed by atoms with Crippen LogP contribution in [0.3, 0.4) is 0 Å². The van der Waals surface area contributed by atoms with Crippen LogP contribution >= 0.6 is 0 Å². The van der Waals surface area contributed by atoms with E-state index in [4.69, 9.17) is 0 Å². The lowest BCUT2D eigenvalue weighted by Gasteiger charge is -2.03. The van der Waals surface area contributed by atoms with Gasteiger partial charge in [-0.2, -0.15) is 5.10 Å². The molecule has 1 amide bonds. The van der Waals surface area contributed by atoms with Crippen molar-refractivity contribution in [3.8, 4) is 0 Å². The molecule has 0 aliphatic heterocycles. The van der Waals surface area contributed by atoms with E-state index in [0.717, 1.165) is 23.0 Å². The van der Waals surface area contributed by atoms with Gasteiger partial charge in [0.05, 0.1) is 5.52 Å². The zero-order valence-electron chi connectivity index (χ0n) is 10.4. The van der Waals surface area contributed by atoms with Crippen LogP contribution in [0, 0.1) is 5.92 Å². The van der Waals surface area contributed by atoms with Gasteiger partial charge in [-0.05, 0) is 30.5 Å². The minimum atomic E-state index is -0.0661. The van der Waals surface area contributed by atoms with Crippen LogP contribution in [0.15, 0.2) is 18.2 Å². The van der Waals surface area contributed by atoms with Gasteiger partial charge in [0.25, 0.3) is 5.91 Å². The van der Waals surface area contributed by atoms with Gasteiger partial charge >= 0.3 is 0 Å². The predicted octanol–water partition coefficient (Wildman–Crippen LogP) is 2.12. The Bertz CT molecular complexity index is 543. The summed E-state index contributed by atoms with van der Waals surface area (Å²) in [6.45, 7) is 4.32. The van der Waals surface area contributed by atoms with Gasteiger partial charge in [0.2, 0.25) is 0 Å². The largest absolute Gasteiger partial charge is 0.355 e. The van der Waals surface area contributed by atoms with Crippen molar-refractivity contribution >= 4 is 16.8 Å². The lowest BCUT2D eigenvalue weighted by atomic mass is 10.0. The Balaban J connectivity index is 2.46. The van der Waals surface area contributed by atoms with Gasteiger partial charge in [-0.15, -0.1) is 0 Å². The molecule has 0 atom stereocenters. The Morgan fingerprint density at radius 1 is 1.47 bits per heavy atom. The number of rotatable bonds is 3. The molecule has 4 nitrogen and oxygen atoms in total. The number of carbonyl (C=O) groups excluding carboxylic acids is 1. The number of aromatic amines is 1. The highest BCUT2D eigenvalue weighted by Crippen LogP contribution is 2.20. The van der Waals surface area contributed by atoms with E-state index in [-0.39, 0.29) is 5.91 Å². The molecule has 0 radical (unpaired) electrons. The van der Waals surface area contributed by atoms with Crippen molar-refractivity contribution in [2.45, 2.75) is 20.3 Å². The van der Waals surface area contributed by atoms with E-state index >= 15 is 0 Å². The second kappa shape index (κ2) is 4.57. The molecule has 1 aromatic carbocycles. The average Bonchev–Trinajstić information content (AvgIpc) is 2.70. The fraction of sp³-hybridized carbons (Fsp3) is 0.385. The summed E-state index contributed by atoms with van der Waals surface area (Å²) in [7, 11) is 1.64. The van der Waals surface area contributed by atoms with Crippen molar-refractivity contribution in [1.29, 1.82) is 0 Å². The topological polar surface area (TPSA) is 57.8 Å². The molecular formula is C13H17N3O. The molecule has 2 rings (SSSR count). The van der Waals surface area contributed by atoms with Crippen LogP contribution in [0.4, 0.5) is 0 Å². The Kier molecular flexibility index (Phi) is 3.13. The number of nitrogens with zero attached hydrogens (tertiary/aromatic N) is 1. The SMILES string of the molecule is CNC(=O)c1ccc2n[nH]c(CC(C)C)c2c1. The molecule has 1 aromatic heterocycles. The molecule has 0 saturated carbocycles. The Hall–Kier alpha value is -1.84. The van der Waals surface area contributed by atoms with E-state index in [0.29, 0.717) is 11.5 Å². The monoisotopic (exact) mass is 231 g/mol. The third-order valence-corrected chi connectivity index (χ3v) is 2.73. The fourth-order valence-electron chi connectivity index (χ4n) is 1.91. The Morgan fingerprint density at radius 2 is 2.24 bits per heavy atom. The van der Waals surface area contributed by atoms with Gasteiger partial charge in [-0.1, -0.05) is 13.8 Å². The molecule has 4 heteroatoms. The molecule has 2 N–H and O–H groups in total. The zero-order valence-corrected chi connectivity index (χ0v) is 10.4. The second-order valence-corrected chi connectivity index (χ2v) is 4.61. The van der Waals surface area contributed by atoms with Crippen molar-refractivity contribution in [3.05, 3.63) is 29.5 Å². The van der Waals surface area contributed by atoms with E-state index in [1.807, 2.05) is 12.1 Å². The summed E-state index contributed by atoms with van der Waals surface area (Å²) in [4.78, 5) is 11.6. The summed E-state index contributed by atoms with van der Waals surface area (Å²) in [6, 6.07) is 5.57. The lowest BCUT2D eigenvalue weighted by Crippen LogP contribution is -2.17. The molecule has 0 bridgehead atoms. The summed E-state index contributed by atoms with van der Waals surface area (Å²) in [5.74, 6) is 0.492. The van der Waals surface area contributed by atoms with Crippen LogP contribution in [-0.2, 0) is 6.42 Å². The molecule has 0 spiro atoms. The number of aromatic nitrogens is 2. The van der Waals surface area contributed by atoms with Gasteiger partial charge < -0.3 is 5.32 Å². The molecule has 1 heterocycles. The summed E-state index contributed by atoms with van der Waals surface area (Å²) >= 11 is 0. The second-order valence-electron chi connectivity index (χ2n) is 4.61. The van der Waals surface area contributed by atoms with Crippen LogP contribution < -0.4 is 5.32 Å². The van der Waals surface area contributed by atoms with E-state index in [9.17, 15) is 4.79 Å². The molecule has 17 heavy (non-hydrogen) atoms. The normalized spacial score (nSPS) is 11.1. The van der Waals surface area contributed by atoms with Crippen molar-refractivity contribution < 1.29 is 4.79 Å². The summed E-state index contributed by atoms with van der Waals surface area (Å²) in [5.41, 5.74) is 2.68. The Labute approximate surface area is 100 Å². The third kappa shape index (κ3) is 2.30. The average molecular weight is 231 g/mol. The van der Waals surface area contributed by atoms with Crippen LogP contribution in [0.5, 0.6) is 0 Å². The van der Waals surface area contributed by atoms with Crippen molar-refractivity contribution in [2.24, 2.45) is 5.92 Å². The number of carbonyl (C=O) groups is 1. The molecule has 0 fully saturated rings. The van der Waals surface area contributed by atoms with E-state index in [1.165, 1.54) is 0 Å². The lowest BCUT2D eigenvalue weighted by molar-refractivity contribution is 0.0963. The maximum Gasteiger partial charge on any atom is 0.251 e. The van der Waals surface area contributed by atoms with Gasteiger partial charge in [-0.25, -0.2) is 0 Å². The molecular weight excluding hydrogens is 214 g/mol. The number of H-pyrrole nitrogens is 1. The molecule has 90 valence electrons. The van der Waals surface area contributed by atoms with Crippen LogP contribution in [0.1, 0.15) is 29.9 Å².